The Balaban J connectivity index is 1.23. The van der Waals surface area contributed by atoms with E-state index in [9.17, 15) is 4.79 Å². The van der Waals surface area contributed by atoms with Crippen molar-refractivity contribution in [2.24, 2.45) is 0 Å². The first-order valence-electron chi connectivity index (χ1n) is 13.4. The number of nitrogens with one attached hydrogen (secondary N) is 1. The van der Waals surface area contributed by atoms with Gasteiger partial charge in [-0.1, -0.05) is 18.2 Å². The van der Waals surface area contributed by atoms with Crippen molar-refractivity contribution < 1.29 is 9.53 Å². The van der Waals surface area contributed by atoms with E-state index < -0.39 is 0 Å². The maximum absolute atomic E-state index is 13.6. The Morgan fingerprint density at radius 2 is 1.95 bits per heavy atom. The Bertz CT molecular complexity index is 1350. The zero-order valence-electron chi connectivity index (χ0n) is 21.4. The molecule has 0 bridgehead atoms. The first kappa shape index (κ1) is 24.3. The molecule has 2 aromatic heterocycles. The van der Waals surface area contributed by atoms with Crippen LogP contribution in [0.25, 0.3) is 22.2 Å². The average molecular weight is 515 g/mol. The van der Waals surface area contributed by atoms with Crippen molar-refractivity contribution in [3.05, 3.63) is 70.4 Å². The number of likely N-dealkylation sites (tertiary alicyclic amines) is 2. The zero-order chi connectivity index (χ0) is 25.2. The molecule has 192 valence electrons. The van der Waals surface area contributed by atoms with Crippen molar-refractivity contribution in [3.63, 3.8) is 0 Å². The van der Waals surface area contributed by atoms with Crippen molar-refractivity contribution in [2.75, 3.05) is 33.2 Å². The number of piperidine rings is 1. The number of ether oxygens (including phenoxy) is 1. The molecule has 4 heterocycles. The molecule has 6 rings (SSSR count). The molecule has 2 aromatic carbocycles. The Morgan fingerprint density at radius 3 is 2.73 bits per heavy atom. The lowest BCUT2D eigenvalue weighted by Gasteiger charge is -2.29. The first-order chi connectivity index (χ1) is 18.1. The van der Waals surface area contributed by atoms with Crippen LogP contribution in [0, 0.1) is 0 Å². The van der Waals surface area contributed by atoms with Gasteiger partial charge in [-0.25, -0.2) is 0 Å². The number of carbonyl (C=O) groups excluding carboxylic acids is 1. The van der Waals surface area contributed by atoms with E-state index in [0.717, 1.165) is 78.1 Å². The number of carbonyl (C=O) groups is 1. The number of hydrogen-bond acceptors (Lipinski definition) is 6. The molecule has 2 saturated heterocycles. The predicted octanol–water partition coefficient (Wildman–Crippen LogP) is 5.71. The summed E-state index contributed by atoms with van der Waals surface area (Å²) < 4.78 is 6.33. The Morgan fingerprint density at radius 1 is 1.11 bits per heavy atom. The largest absolute Gasteiger partial charge is 0.490 e. The Hall–Kier alpha value is -3.00. The van der Waals surface area contributed by atoms with Crippen molar-refractivity contribution in [3.8, 4) is 17.0 Å². The molecule has 0 amide bonds. The van der Waals surface area contributed by atoms with Crippen LogP contribution in [0.3, 0.4) is 0 Å². The molecule has 0 aliphatic carbocycles. The number of aromatic amines is 1. The minimum atomic E-state index is -0.151. The number of H-pyrrole nitrogens is 1. The quantitative estimate of drug-likeness (QED) is 0.326. The molecular weight excluding hydrogens is 480 g/mol. The Kier molecular flexibility index (Phi) is 7.09. The summed E-state index contributed by atoms with van der Waals surface area (Å²) in [5.74, 6) is 1.15. The van der Waals surface area contributed by atoms with Crippen molar-refractivity contribution >= 4 is 28.0 Å². The van der Waals surface area contributed by atoms with E-state index in [1.54, 1.807) is 11.3 Å². The van der Waals surface area contributed by atoms with E-state index in [0.29, 0.717) is 6.42 Å². The van der Waals surface area contributed by atoms with Gasteiger partial charge in [0.1, 0.15) is 17.5 Å². The van der Waals surface area contributed by atoms with E-state index in [4.69, 9.17) is 4.74 Å². The Labute approximate surface area is 222 Å². The van der Waals surface area contributed by atoms with Gasteiger partial charge >= 0.3 is 0 Å². The van der Waals surface area contributed by atoms with E-state index in [1.807, 2.05) is 18.2 Å². The number of Topliss-reactive ketones (excluding diaryl/α,β-unsaturated/α-hetero) is 1. The summed E-state index contributed by atoms with van der Waals surface area (Å²) in [6.07, 6.45) is 5.10. The molecular formula is C30H34N4O2S. The van der Waals surface area contributed by atoms with Gasteiger partial charge in [0.2, 0.25) is 0 Å². The fraction of sp³-hybridized carbons (Fsp3) is 0.400. The number of nitrogens with zero attached hydrogens (tertiary/aromatic N) is 3. The highest BCUT2D eigenvalue weighted by atomic mass is 32.1. The number of rotatable bonds is 8. The van der Waals surface area contributed by atoms with Crippen LogP contribution in [-0.2, 0) is 11.2 Å². The van der Waals surface area contributed by atoms with Gasteiger partial charge in [0.15, 0.2) is 5.78 Å². The standard InChI is InChI=1S/C30H34N4O2S/c1-33-14-9-24(10-15-33)36-25-6-4-5-22(19-25)29-26-17-21(7-8-27(26)31-32-29)18-28(35)30(23-11-16-37-20-23)34-12-2-3-13-34/h4-8,11,16-17,19-20,24,30H,2-3,9-10,12-15,18H2,1H3,(H,31,32). The third kappa shape index (κ3) is 5.35. The number of ketones is 1. The highest BCUT2D eigenvalue weighted by Crippen LogP contribution is 2.32. The fourth-order valence-electron chi connectivity index (χ4n) is 5.73. The highest BCUT2D eigenvalue weighted by molar-refractivity contribution is 7.08. The number of hydrogen-bond donors (Lipinski definition) is 1. The van der Waals surface area contributed by atoms with Crippen LogP contribution in [0.15, 0.2) is 59.3 Å². The summed E-state index contributed by atoms with van der Waals surface area (Å²) >= 11 is 1.66. The molecule has 37 heavy (non-hydrogen) atoms. The van der Waals surface area contributed by atoms with Gasteiger partial charge in [-0.3, -0.25) is 14.8 Å². The summed E-state index contributed by atoms with van der Waals surface area (Å²) in [5, 5.41) is 13.0. The number of thiophene rings is 1. The zero-order valence-corrected chi connectivity index (χ0v) is 22.2. The summed E-state index contributed by atoms with van der Waals surface area (Å²) in [7, 11) is 2.16. The van der Waals surface area contributed by atoms with Crippen LogP contribution >= 0.6 is 11.3 Å². The molecule has 4 aromatic rings. The second-order valence-electron chi connectivity index (χ2n) is 10.4. The third-order valence-electron chi connectivity index (χ3n) is 7.75. The van der Waals surface area contributed by atoms with Crippen molar-refractivity contribution in [1.82, 2.24) is 20.0 Å². The highest BCUT2D eigenvalue weighted by Gasteiger charge is 2.30. The van der Waals surface area contributed by atoms with Crippen LogP contribution in [0.1, 0.15) is 42.9 Å². The van der Waals surface area contributed by atoms with Gasteiger partial charge in [-0.15, -0.1) is 0 Å². The lowest BCUT2D eigenvalue weighted by molar-refractivity contribution is -0.123. The van der Waals surface area contributed by atoms with E-state index in [2.05, 4.69) is 68.1 Å². The SMILES string of the molecule is CN1CCC(Oc2cccc(-c3n[nH]c4ccc(CC(=O)C(c5ccsc5)N5CCCC5)cc34)c2)CC1. The van der Waals surface area contributed by atoms with Gasteiger partial charge in [0, 0.05) is 30.5 Å². The summed E-state index contributed by atoms with van der Waals surface area (Å²) in [5.41, 5.74) is 5.05. The summed E-state index contributed by atoms with van der Waals surface area (Å²) in [6, 6.07) is 16.4. The van der Waals surface area contributed by atoms with E-state index in [1.165, 1.54) is 12.8 Å². The smallest absolute Gasteiger partial charge is 0.158 e. The normalized spacial score (nSPS) is 18.4. The third-order valence-corrected chi connectivity index (χ3v) is 8.45. The van der Waals surface area contributed by atoms with Gasteiger partial charge in [0.25, 0.3) is 0 Å². The van der Waals surface area contributed by atoms with Crippen molar-refractivity contribution in [1.29, 1.82) is 0 Å². The summed E-state index contributed by atoms with van der Waals surface area (Å²) in [6.45, 7) is 4.13. The molecule has 0 spiro atoms. The molecule has 2 fully saturated rings. The molecule has 2 aliphatic rings. The molecule has 0 saturated carbocycles. The minimum absolute atomic E-state index is 0.151. The van der Waals surface area contributed by atoms with E-state index in [-0.39, 0.29) is 17.9 Å². The van der Waals surface area contributed by atoms with Crippen LogP contribution in [0.4, 0.5) is 0 Å². The molecule has 1 N–H and O–H groups in total. The van der Waals surface area contributed by atoms with E-state index >= 15 is 0 Å². The van der Waals surface area contributed by atoms with Crippen LogP contribution in [0.2, 0.25) is 0 Å². The minimum Gasteiger partial charge on any atom is -0.490 e. The van der Waals surface area contributed by atoms with Gasteiger partial charge in [-0.2, -0.15) is 16.4 Å². The van der Waals surface area contributed by atoms with Crippen LogP contribution < -0.4 is 4.74 Å². The predicted molar refractivity (Wildman–Crippen MR) is 149 cm³/mol. The second kappa shape index (κ2) is 10.8. The number of aromatic nitrogens is 2. The molecule has 2 aliphatic heterocycles. The fourth-order valence-corrected chi connectivity index (χ4v) is 6.41. The number of benzene rings is 2. The van der Waals surface area contributed by atoms with Crippen LogP contribution in [-0.4, -0.2) is 65.1 Å². The second-order valence-corrected chi connectivity index (χ2v) is 11.2. The molecule has 6 nitrogen and oxygen atoms in total. The average Bonchev–Trinajstić information content (AvgIpc) is 3.69. The van der Waals surface area contributed by atoms with Crippen LogP contribution in [0.5, 0.6) is 5.75 Å². The maximum Gasteiger partial charge on any atom is 0.158 e. The lowest BCUT2D eigenvalue weighted by atomic mass is 9.97. The molecule has 1 unspecified atom stereocenters. The van der Waals surface area contributed by atoms with Gasteiger partial charge in [-0.05, 0) is 98.0 Å². The molecule has 1 atom stereocenters. The van der Waals surface area contributed by atoms with Gasteiger partial charge in [0.05, 0.1) is 11.6 Å². The first-order valence-corrected chi connectivity index (χ1v) is 14.3. The van der Waals surface area contributed by atoms with Gasteiger partial charge < -0.3 is 9.64 Å². The topological polar surface area (TPSA) is 61.5 Å². The monoisotopic (exact) mass is 514 g/mol. The maximum atomic E-state index is 13.6. The summed E-state index contributed by atoms with van der Waals surface area (Å²) in [4.78, 5) is 18.3. The van der Waals surface area contributed by atoms with Crippen molar-refractivity contribution in [2.45, 2.75) is 44.2 Å². The molecule has 0 radical (unpaired) electrons. The lowest BCUT2D eigenvalue weighted by Crippen LogP contribution is -2.35. The molecule has 7 heteroatoms. The number of fused-ring (bicyclic) bond motifs is 1.